The third-order valence-corrected chi connectivity index (χ3v) is 5.77. The molecule has 0 unspecified atom stereocenters. The normalized spacial score (nSPS) is 17.7. The molecule has 3 heterocycles. The van der Waals surface area contributed by atoms with Gasteiger partial charge in [-0.05, 0) is 49.4 Å². The molecule has 1 saturated heterocycles. The molecule has 2 aromatic rings. The number of aromatic carboxylic acids is 1. The van der Waals surface area contributed by atoms with Crippen LogP contribution in [0.25, 0.3) is 0 Å². The first kappa shape index (κ1) is 20.6. The van der Waals surface area contributed by atoms with Gasteiger partial charge in [-0.25, -0.2) is 14.8 Å². The number of nitrogens with zero attached hydrogens (tertiary/aromatic N) is 3. The fourth-order valence-corrected chi connectivity index (χ4v) is 4.09. The Labute approximate surface area is 171 Å². The minimum absolute atomic E-state index is 0.0280. The molecule has 9 heteroatoms. The lowest BCUT2D eigenvalue weighted by atomic mass is 9.96. The van der Waals surface area contributed by atoms with Gasteiger partial charge in [0.1, 0.15) is 11.6 Å². The maximum atomic E-state index is 13.0. The number of hydrogen-bond donors (Lipinski definition) is 1. The predicted molar refractivity (Wildman–Crippen MR) is 103 cm³/mol. The van der Waals surface area contributed by atoms with Gasteiger partial charge in [-0.15, -0.1) is 0 Å². The van der Waals surface area contributed by atoms with Crippen LogP contribution in [-0.2, 0) is 23.9 Å². The highest BCUT2D eigenvalue weighted by atomic mass is 19.4. The van der Waals surface area contributed by atoms with Gasteiger partial charge in [0.15, 0.2) is 5.69 Å². The molecule has 0 saturated carbocycles. The number of ether oxygens (including phenoxy) is 1. The Kier molecular flexibility index (Phi) is 5.40. The quantitative estimate of drug-likeness (QED) is 0.809. The highest BCUT2D eigenvalue weighted by Crippen LogP contribution is 2.34. The van der Waals surface area contributed by atoms with Crippen molar-refractivity contribution in [2.24, 2.45) is 0 Å². The van der Waals surface area contributed by atoms with E-state index < -0.39 is 17.7 Å². The van der Waals surface area contributed by atoms with Crippen LogP contribution in [0.15, 0.2) is 18.2 Å². The summed E-state index contributed by atoms with van der Waals surface area (Å²) < 4.78 is 44.4. The second-order valence-corrected chi connectivity index (χ2v) is 7.72. The van der Waals surface area contributed by atoms with E-state index in [1.54, 1.807) is 6.92 Å². The maximum Gasteiger partial charge on any atom is 0.416 e. The van der Waals surface area contributed by atoms with Crippen molar-refractivity contribution in [3.05, 3.63) is 52.0 Å². The van der Waals surface area contributed by atoms with Gasteiger partial charge in [0.05, 0.1) is 5.56 Å². The molecule has 0 aliphatic carbocycles. The Morgan fingerprint density at radius 3 is 2.60 bits per heavy atom. The van der Waals surface area contributed by atoms with Crippen LogP contribution in [0.4, 0.5) is 19.0 Å². The first-order valence-corrected chi connectivity index (χ1v) is 9.87. The topological polar surface area (TPSA) is 75.5 Å². The summed E-state index contributed by atoms with van der Waals surface area (Å²) >= 11 is 0. The molecule has 1 aromatic carbocycles. The van der Waals surface area contributed by atoms with E-state index in [1.165, 1.54) is 12.1 Å². The second-order valence-electron chi connectivity index (χ2n) is 7.72. The van der Waals surface area contributed by atoms with Crippen LogP contribution >= 0.6 is 0 Å². The Bertz CT molecular complexity index is 972. The third-order valence-electron chi connectivity index (χ3n) is 5.77. The first-order chi connectivity index (χ1) is 14.2. The van der Waals surface area contributed by atoms with Crippen LogP contribution in [0, 0.1) is 6.92 Å². The van der Waals surface area contributed by atoms with E-state index in [-0.39, 0.29) is 11.6 Å². The van der Waals surface area contributed by atoms with Crippen molar-refractivity contribution in [1.29, 1.82) is 0 Å². The highest BCUT2D eigenvalue weighted by Gasteiger charge is 2.32. The molecule has 30 heavy (non-hydrogen) atoms. The number of carboxylic acids is 1. The molecule has 0 radical (unpaired) electrons. The molecule has 1 fully saturated rings. The summed E-state index contributed by atoms with van der Waals surface area (Å²) in [6, 6.07) is 3.79. The summed E-state index contributed by atoms with van der Waals surface area (Å²) in [5.74, 6) is -0.0525. The molecule has 2 aliphatic rings. The molecule has 0 atom stereocenters. The van der Waals surface area contributed by atoms with Crippen molar-refractivity contribution in [3.8, 4) is 0 Å². The second kappa shape index (κ2) is 7.86. The van der Waals surface area contributed by atoms with E-state index >= 15 is 0 Å². The SMILES string of the molecule is Cc1c(C(=O)O)nc(C2CCOCC2)nc1N1CCc2cc(C(F)(F)F)ccc2C1. The highest BCUT2D eigenvalue weighted by molar-refractivity contribution is 5.88. The lowest BCUT2D eigenvalue weighted by Gasteiger charge is -2.32. The number of benzene rings is 1. The maximum absolute atomic E-state index is 13.0. The minimum atomic E-state index is -4.37. The average molecular weight is 421 g/mol. The lowest BCUT2D eigenvalue weighted by Crippen LogP contribution is -2.33. The number of alkyl halides is 3. The van der Waals surface area contributed by atoms with Gasteiger partial charge < -0.3 is 14.7 Å². The zero-order valence-electron chi connectivity index (χ0n) is 16.5. The zero-order valence-corrected chi connectivity index (χ0v) is 16.5. The van der Waals surface area contributed by atoms with E-state index in [0.29, 0.717) is 55.5 Å². The van der Waals surface area contributed by atoms with Crippen molar-refractivity contribution in [2.75, 3.05) is 24.7 Å². The number of carboxylic acid groups (broad SMARTS) is 1. The molecule has 0 spiro atoms. The van der Waals surface area contributed by atoms with Gasteiger partial charge in [0.2, 0.25) is 0 Å². The molecule has 2 aliphatic heterocycles. The Morgan fingerprint density at radius 2 is 1.93 bits per heavy atom. The van der Waals surface area contributed by atoms with E-state index in [2.05, 4.69) is 4.98 Å². The van der Waals surface area contributed by atoms with Crippen molar-refractivity contribution in [2.45, 2.75) is 44.8 Å². The fraction of sp³-hybridized carbons (Fsp3) is 0.476. The number of anilines is 1. The molecule has 6 nitrogen and oxygen atoms in total. The molecule has 0 amide bonds. The Hall–Kier alpha value is -2.68. The summed E-state index contributed by atoms with van der Waals surface area (Å²) in [4.78, 5) is 22.7. The molecule has 4 rings (SSSR count). The number of rotatable bonds is 3. The van der Waals surface area contributed by atoms with Crippen molar-refractivity contribution < 1.29 is 27.8 Å². The summed E-state index contributed by atoms with van der Waals surface area (Å²) in [6.07, 6.45) is -2.49. The monoisotopic (exact) mass is 421 g/mol. The van der Waals surface area contributed by atoms with E-state index in [0.717, 1.165) is 24.5 Å². The predicted octanol–water partition coefficient (Wildman–Crippen LogP) is 3.96. The van der Waals surface area contributed by atoms with Gasteiger partial charge in [0.25, 0.3) is 0 Å². The third kappa shape index (κ3) is 3.98. The first-order valence-electron chi connectivity index (χ1n) is 9.87. The zero-order chi connectivity index (χ0) is 21.5. The van der Waals surface area contributed by atoms with Crippen molar-refractivity contribution in [3.63, 3.8) is 0 Å². The van der Waals surface area contributed by atoms with Crippen molar-refractivity contribution >= 4 is 11.8 Å². The van der Waals surface area contributed by atoms with Crippen LogP contribution in [0.1, 0.15) is 57.3 Å². The average Bonchev–Trinajstić information content (AvgIpc) is 2.73. The minimum Gasteiger partial charge on any atom is -0.476 e. The van der Waals surface area contributed by atoms with Crippen LogP contribution in [0.2, 0.25) is 0 Å². The van der Waals surface area contributed by atoms with Gasteiger partial charge in [0, 0.05) is 37.8 Å². The number of hydrogen-bond acceptors (Lipinski definition) is 5. The van der Waals surface area contributed by atoms with E-state index in [1.807, 2.05) is 4.90 Å². The van der Waals surface area contributed by atoms with Crippen LogP contribution in [-0.4, -0.2) is 40.8 Å². The van der Waals surface area contributed by atoms with Gasteiger partial charge >= 0.3 is 12.1 Å². The Morgan fingerprint density at radius 1 is 1.20 bits per heavy atom. The number of carbonyl (C=O) groups is 1. The van der Waals surface area contributed by atoms with Crippen LogP contribution in [0.5, 0.6) is 0 Å². The van der Waals surface area contributed by atoms with E-state index in [4.69, 9.17) is 9.72 Å². The van der Waals surface area contributed by atoms with E-state index in [9.17, 15) is 23.1 Å². The van der Waals surface area contributed by atoms with Gasteiger partial charge in [-0.1, -0.05) is 6.07 Å². The Balaban J connectivity index is 1.68. The standard InChI is InChI=1S/C21H22F3N3O3/c1-12-17(20(28)29)25-18(13-5-8-30-9-6-13)26-19(12)27-7-4-14-10-16(21(22,23)24)3-2-15(14)11-27/h2-3,10,13H,4-9,11H2,1H3,(H,28,29). The van der Waals surface area contributed by atoms with Gasteiger partial charge in [-0.2, -0.15) is 13.2 Å². The summed E-state index contributed by atoms with van der Waals surface area (Å²) in [5, 5.41) is 9.64. The van der Waals surface area contributed by atoms with Crippen LogP contribution < -0.4 is 4.90 Å². The molecular formula is C21H22F3N3O3. The lowest BCUT2D eigenvalue weighted by molar-refractivity contribution is -0.137. The molecular weight excluding hydrogens is 399 g/mol. The largest absolute Gasteiger partial charge is 0.476 e. The summed E-state index contributed by atoms with van der Waals surface area (Å²) in [7, 11) is 0. The molecule has 160 valence electrons. The smallest absolute Gasteiger partial charge is 0.416 e. The molecule has 1 N–H and O–H groups in total. The number of fused-ring (bicyclic) bond motifs is 1. The fourth-order valence-electron chi connectivity index (χ4n) is 4.09. The summed E-state index contributed by atoms with van der Waals surface area (Å²) in [5.41, 5.74) is 1.24. The van der Waals surface area contributed by atoms with Gasteiger partial charge in [-0.3, -0.25) is 0 Å². The molecule has 0 bridgehead atoms. The van der Waals surface area contributed by atoms with Crippen molar-refractivity contribution in [1.82, 2.24) is 9.97 Å². The number of aromatic nitrogens is 2. The van der Waals surface area contributed by atoms with Crippen LogP contribution in [0.3, 0.4) is 0 Å². The number of halogens is 3. The molecule has 1 aromatic heterocycles. The summed E-state index contributed by atoms with van der Waals surface area (Å²) in [6.45, 7) is 3.67.